The van der Waals surface area contributed by atoms with Crippen LogP contribution in [0.15, 0.2) is 54.9 Å². The van der Waals surface area contributed by atoms with Crippen molar-refractivity contribution >= 4 is 10.8 Å². The van der Waals surface area contributed by atoms with E-state index in [0.717, 1.165) is 12.2 Å². The minimum atomic E-state index is 0.378. The molecule has 0 amide bonds. The molecule has 1 aromatic heterocycles. The van der Waals surface area contributed by atoms with Gasteiger partial charge in [-0.3, -0.25) is 0 Å². The first-order valence-electron chi connectivity index (χ1n) is 7.19. The van der Waals surface area contributed by atoms with Crippen molar-refractivity contribution in [2.24, 2.45) is 5.92 Å². The number of hydrogen-bond acceptors (Lipinski definition) is 3. The molecule has 0 unspecified atom stereocenters. The van der Waals surface area contributed by atoms with Crippen molar-refractivity contribution in [1.82, 2.24) is 9.97 Å². The largest absolute Gasteiger partial charge is 0.424 e. The molecule has 0 saturated carbocycles. The third-order valence-corrected chi connectivity index (χ3v) is 3.30. The van der Waals surface area contributed by atoms with Crippen molar-refractivity contribution in [3.05, 3.63) is 60.4 Å². The Labute approximate surface area is 124 Å². The summed E-state index contributed by atoms with van der Waals surface area (Å²) in [5, 5.41) is 2.47. The minimum absolute atomic E-state index is 0.378. The fourth-order valence-corrected chi connectivity index (χ4v) is 2.47. The summed E-state index contributed by atoms with van der Waals surface area (Å²) in [6.07, 6.45) is 4.38. The Kier molecular flexibility index (Phi) is 3.82. The lowest BCUT2D eigenvalue weighted by molar-refractivity contribution is 0.441. The number of ether oxygens (including phenoxy) is 1. The first-order chi connectivity index (χ1) is 10.2. The summed E-state index contributed by atoms with van der Waals surface area (Å²) in [7, 11) is 0. The first kappa shape index (κ1) is 13.6. The van der Waals surface area contributed by atoms with Gasteiger partial charge in [-0.05, 0) is 46.9 Å². The summed E-state index contributed by atoms with van der Waals surface area (Å²) in [5.74, 6) is 1.38. The highest BCUT2D eigenvalue weighted by Gasteiger charge is 2.08. The third-order valence-electron chi connectivity index (χ3n) is 3.30. The molecule has 3 heteroatoms. The molecule has 0 bridgehead atoms. The molecule has 0 aliphatic rings. The second-order valence-electron chi connectivity index (χ2n) is 5.53. The molecule has 106 valence electrons. The summed E-state index contributed by atoms with van der Waals surface area (Å²) >= 11 is 0. The van der Waals surface area contributed by atoms with Gasteiger partial charge >= 0.3 is 6.01 Å². The van der Waals surface area contributed by atoms with Crippen LogP contribution in [-0.4, -0.2) is 9.97 Å². The van der Waals surface area contributed by atoms with Crippen LogP contribution in [0.25, 0.3) is 10.8 Å². The Hall–Kier alpha value is -2.42. The van der Waals surface area contributed by atoms with E-state index in [0.29, 0.717) is 11.9 Å². The zero-order valence-electron chi connectivity index (χ0n) is 12.3. The van der Waals surface area contributed by atoms with Crippen LogP contribution in [0.5, 0.6) is 11.8 Å². The van der Waals surface area contributed by atoms with Crippen molar-refractivity contribution in [2.45, 2.75) is 20.3 Å². The maximum Gasteiger partial charge on any atom is 0.321 e. The molecule has 2 aromatic carbocycles. The fourth-order valence-electron chi connectivity index (χ4n) is 2.47. The smallest absolute Gasteiger partial charge is 0.321 e. The van der Waals surface area contributed by atoms with Crippen LogP contribution in [0.4, 0.5) is 0 Å². The molecular formula is C18H18N2O. The molecule has 0 aliphatic carbocycles. The number of fused-ring (bicyclic) bond motifs is 1. The quantitative estimate of drug-likeness (QED) is 0.698. The standard InChI is InChI=1S/C18H18N2O/c1-13(2)10-15-12-16(21-18-19-8-5-9-20-18)11-14-6-3-4-7-17(14)15/h3-9,11-13H,10H2,1-2H3. The highest BCUT2D eigenvalue weighted by molar-refractivity contribution is 5.87. The summed E-state index contributed by atoms with van der Waals surface area (Å²) < 4.78 is 5.79. The number of hydrogen-bond donors (Lipinski definition) is 0. The zero-order valence-corrected chi connectivity index (χ0v) is 12.3. The van der Waals surface area contributed by atoms with Crippen molar-refractivity contribution in [2.75, 3.05) is 0 Å². The van der Waals surface area contributed by atoms with E-state index in [1.807, 2.05) is 12.1 Å². The van der Waals surface area contributed by atoms with Crippen LogP contribution >= 0.6 is 0 Å². The number of nitrogens with zero attached hydrogens (tertiary/aromatic N) is 2. The van der Waals surface area contributed by atoms with Crippen molar-refractivity contribution in [3.8, 4) is 11.8 Å². The zero-order chi connectivity index (χ0) is 14.7. The van der Waals surface area contributed by atoms with Crippen LogP contribution in [0.2, 0.25) is 0 Å². The molecule has 0 aliphatic heterocycles. The minimum Gasteiger partial charge on any atom is -0.424 e. The van der Waals surface area contributed by atoms with E-state index in [1.165, 1.54) is 16.3 Å². The number of benzene rings is 2. The van der Waals surface area contributed by atoms with E-state index >= 15 is 0 Å². The van der Waals surface area contributed by atoms with E-state index in [2.05, 4.69) is 48.1 Å². The van der Waals surface area contributed by atoms with Gasteiger partial charge in [0.15, 0.2) is 0 Å². The lowest BCUT2D eigenvalue weighted by Crippen LogP contribution is -1.97. The van der Waals surface area contributed by atoms with Gasteiger partial charge in [0.05, 0.1) is 0 Å². The molecule has 21 heavy (non-hydrogen) atoms. The average molecular weight is 278 g/mol. The Morgan fingerprint density at radius 2 is 1.76 bits per heavy atom. The average Bonchev–Trinajstić information content (AvgIpc) is 2.48. The third kappa shape index (κ3) is 3.19. The lowest BCUT2D eigenvalue weighted by atomic mass is 9.96. The van der Waals surface area contributed by atoms with Gasteiger partial charge in [0, 0.05) is 12.4 Å². The van der Waals surface area contributed by atoms with Gasteiger partial charge in [-0.2, -0.15) is 0 Å². The van der Waals surface area contributed by atoms with Crippen LogP contribution in [0, 0.1) is 5.92 Å². The van der Waals surface area contributed by atoms with Crippen LogP contribution < -0.4 is 4.74 Å². The lowest BCUT2D eigenvalue weighted by Gasteiger charge is -2.12. The molecule has 0 saturated heterocycles. The number of rotatable bonds is 4. The fraction of sp³-hybridized carbons (Fsp3) is 0.222. The normalized spacial score (nSPS) is 11.0. The van der Waals surface area contributed by atoms with E-state index in [1.54, 1.807) is 18.5 Å². The maximum absolute atomic E-state index is 5.79. The van der Waals surface area contributed by atoms with E-state index in [4.69, 9.17) is 4.74 Å². The van der Waals surface area contributed by atoms with Crippen molar-refractivity contribution < 1.29 is 4.74 Å². The second-order valence-corrected chi connectivity index (χ2v) is 5.53. The summed E-state index contributed by atoms with van der Waals surface area (Å²) in [4.78, 5) is 8.22. The summed E-state index contributed by atoms with van der Waals surface area (Å²) in [5.41, 5.74) is 1.30. The molecule has 0 atom stereocenters. The molecule has 0 radical (unpaired) electrons. The van der Waals surface area contributed by atoms with Crippen LogP contribution in [-0.2, 0) is 6.42 Å². The SMILES string of the molecule is CC(C)Cc1cc(Oc2ncccn2)cc2ccccc12. The Balaban J connectivity index is 2.03. The molecular weight excluding hydrogens is 260 g/mol. The maximum atomic E-state index is 5.79. The molecule has 0 N–H and O–H groups in total. The number of aromatic nitrogens is 2. The second kappa shape index (κ2) is 5.92. The Bertz CT molecular complexity index is 739. The molecule has 3 rings (SSSR count). The van der Waals surface area contributed by atoms with Gasteiger partial charge < -0.3 is 4.74 Å². The molecule has 1 heterocycles. The monoisotopic (exact) mass is 278 g/mol. The van der Waals surface area contributed by atoms with Crippen molar-refractivity contribution in [3.63, 3.8) is 0 Å². The van der Waals surface area contributed by atoms with E-state index < -0.39 is 0 Å². The van der Waals surface area contributed by atoms with Crippen LogP contribution in [0.1, 0.15) is 19.4 Å². The topological polar surface area (TPSA) is 35.0 Å². The molecule has 3 aromatic rings. The van der Waals surface area contributed by atoms with Gasteiger partial charge in [-0.25, -0.2) is 9.97 Å². The highest BCUT2D eigenvalue weighted by atomic mass is 16.5. The highest BCUT2D eigenvalue weighted by Crippen LogP contribution is 2.29. The van der Waals surface area contributed by atoms with Gasteiger partial charge in [0.25, 0.3) is 0 Å². The molecule has 0 spiro atoms. The summed E-state index contributed by atoms with van der Waals surface area (Å²) in [6, 6.07) is 14.7. The Morgan fingerprint density at radius 3 is 2.52 bits per heavy atom. The van der Waals surface area contributed by atoms with Crippen LogP contribution in [0.3, 0.4) is 0 Å². The van der Waals surface area contributed by atoms with Gasteiger partial charge in [-0.1, -0.05) is 38.1 Å². The molecule has 3 nitrogen and oxygen atoms in total. The van der Waals surface area contributed by atoms with Crippen molar-refractivity contribution in [1.29, 1.82) is 0 Å². The predicted molar refractivity (Wildman–Crippen MR) is 84.6 cm³/mol. The molecule has 0 fully saturated rings. The van der Waals surface area contributed by atoms with E-state index in [9.17, 15) is 0 Å². The Morgan fingerprint density at radius 1 is 1.00 bits per heavy atom. The summed E-state index contributed by atoms with van der Waals surface area (Å²) in [6.45, 7) is 4.45. The predicted octanol–water partition coefficient (Wildman–Crippen LogP) is 4.62. The van der Waals surface area contributed by atoms with E-state index in [-0.39, 0.29) is 0 Å². The van der Waals surface area contributed by atoms with Gasteiger partial charge in [0.1, 0.15) is 5.75 Å². The van der Waals surface area contributed by atoms with Gasteiger partial charge in [-0.15, -0.1) is 0 Å². The first-order valence-corrected chi connectivity index (χ1v) is 7.19. The van der Waals surface area contributed by atoms with Gasteiger partial charge in [0.2, 0.25) is 0 Å².